The van der Waals surface area contributed by atoms with Gasteiger partial charge in [-0.15, -0.1) is 0 Å². The van der Waals surface area contributed by atoms with E-state index in [0.717, 1.165) is 0 Å². The summed E-state index contributed by atoms with van der Waals surface area (Å²) in [4.78, 5) is 10.6. The fraction of sp³-hybridized carbons (Fsp3) is 0.833. The van der Waals surface area contributed by atoms with Crippen molar-refractivity contribution in [2.45, 2.75) is 19.1 Å². The molecule has 1 aliphatic heterocycles. The molecule has 0 spiro atoms. The predicted molar refractivity (Wildman–Crippen MR) is 36.4 cm³/mol. The molecule has 0 aromatic carbocycles. The van der Waals surface area contributed by atoms with Crippen LogP contribution in [0, 0.1) is 0 Å². The molecule has 0 bridgehead atoms. The van der Waals surface area contributed by atoms with Crippen molar-refractivity contribution in [1.29, 1.82) is 0 Å². The van der Waals surface area contributed by atoms with Crippen LogP contribution >= 0.6 is 0 Å². The average molecular weight is 144 g/mol. The molecule has 2 atom stereocenters. The van der Waals surface area contributed by atoms with Gasteiger partial charge >= 0.3 is 0 Å². The maximum Gasteiger partial charge on any atom is 0.237 e. The third-order valence-electron chi connectivity index (χ3n) is 1.62. The molecule has 1 amide bonds. The first kappa shape index (κ1) is 7.50. The number of amides is 1. The van der Waals surface area contributed by atoms with E-state index < -0.39 is 0 Å². The molecule has 1 fully saturated rings. The quantitative estimate of drug-likeness (QED) is 0.488. The summed E-state index contributed by atoms with van der Waals surface area (Å²) in [6.45, 7) is 3.20. The number of carbonyl (C=O) groups excluding carboxylic acids is 1. The standard InChI is InChI=1S/C6H12N2O2/c1-4-5(6(7)9)8-2-3-10-4/h4-5,8H,2-3H2,1H3,(H2,7,9)/t4-,5-/m0/s1. The lowest BCUT2D eigenvalue weighted by atomic mass is 10.1. The molecule has 0 aromatic heterocycles. The zero-order valence-electron chi connectivity index (χ0n) is 5.96. The first-order chi connectivity index (χ1) is 4.72. The van der Waals surface area contributed by atoms with Gasteiger partial charge in [0.2, 0.25) is 5.91 Å². The van der Waals surface area contributed by atoms with Gasteiger partial charge in [0.1, 0.15) is 6.04 Å². The number of nitrogens with one attached hydrogen (secondary N) is 1. The molecule has 0 aliphatic carbocycles. The van der Waals surface area contributed by atoms with Crippen LogP contribution in [0.1, 0.15) is 6.92 Å². The number of hydrogen-bond donors (Lipinski definition) is 2. The molecule has 0 radical (unpaired) electrons. The van der Waals surface area contributed by atoms with Crippen molar-refractivity contribution in [3.8, 4) is 0 Å². The Bertz CT molecular complexity index is 138. The molecule has 10 heavy (non-hydrogen) atoms. The fourth-order valence-corrected chi connectivity index (χ4v) is 1.05. The Balaban J connectivity index is 2.47. The van der Waals surface area contributed by atoms with Crippen LogP contribution in [-0.2, 0) is 9.53 Å². The summed E-state index contributed by atoms with van der Waals surface area (Å²) in [6, 6.07) is -0.311. The van der Waals surface area contributed by atoms with Crippen LogP contribution in [0.15, 0.2) is 0 Å². The molecule has 1 rings (SSSR count). The summed E-state index contributed by atoms with van der Waals surface area (Å²) < 4.78 is 5.19. The van der Waals surface area contributed by atoms with Crippen molar-refractivity contribution in [2.75, 3.05) is 13.2 Å². The van der Waals surface area contributed by atoms with Gasteiger partial charge in [-0.25, -0.2) is 0 Å². The Morgan fingerprint density at radius 1 is 1.80 bits per heavy atom. The van der Waals surface area contributed by atoms with E-state index in [1.165, 1.54) is 0 Å². The third-order valence-corrected chi connectivity index (χ3v) is 1.62. The molecular weight excluding hydrogens is 132 g/mol. The van der Waals surface area contributed by atoms with E-state index in [1.54, 1.807) is 0 Å². The molecule has 0 unspecified atom stereocenters. The molecule has 3 N–H and O–H groups in total. The zero-order valence-corrected chi connectivity index (χ0v) is 5.96. The smallest absolute Gasteiger partial charge is 0.237 e. The van der Waals surface area contributed by atoms with E-state index >= 15 is 0 Å². The number of carbonyl (C=O) groups is 1. The maximum absolute atomic E-state index is 10.6. The van der Waals surface area contributed by atoms with Crippen molar-refractivity contribution in [1.82, 2.24) is 5.32 Å². The molecule has 0 aromatic rings. The monoisotopic (exact) mass is 144 g/mol. The van der Waals surface area contributed by atoms with Crippen LogP contribution in [0.5, 0.6) is 0 Å². The molecule has 58 valence electrons. The highest BCUT2D eigenvalue weighted by atomic mass is 16.5. The van der Waals surface area contributed by atoms with E-state index in [1.807, 2.05) is 6.92 Å². The summed E-state index contributed by atoms with van der Waals surface area (Å²) >= 11 is 0. The Kier molecular flexibility index (Phi) is 2.24. The van der Waals surface area contributed by atoms with Gasteiger partial charge in [-0.1, -0.05) is 0 Å². The molecule has 1 heterocycles. The highest BCUT2D eigenvalue weighted by molar-refractivity contribution is 5.80. The van der Waals surface area contributed by atoms with Crippen molar-refractivity contribution in [3.63, 3.8) is 0 Å². The minimum atomic E-state index is -0.341. The Morgan fingerprint density at radius 2 is 2.50 bits per heavy atom. The second-order valence-corrected chi connectivity index (χ2v) is 2.41. The Morgan fingerprint density at radius 3 is 2.90 bits per heavy atom. The Labute approximate surface area is 59.7 Å². The van der Waals surface area contributed by atoms with Gasteiger partial charge < -0.3 is 15.8 Å². The molecule has 4 heteroatoms. The van der Waals surface area contributed by atoms with Crippen LogP contribution in [0.3, 0.4) is 0 Å². The zero-order chi connectivity index (χ0) is 7.56. The second-order valence-electron chi connectivity index (χ2n) is 2.41. The van der Waals surface area contributed by atoms with E-state index in [4.69, 9.17) is 10.5 Å². The summed E-state index contributed by atoms with van der Waals surface area (Å²) in [7, 11) is 0. The number of primary amides is 1. The number of rotatable bonds is 1. The van der Waals surface area contributed by atoms with Crippen LogP contribution in [0.2, 0.25) is 0 Å². The normalized spacial score (nSPS) is 33.7. The molecular formula is C6H12N2O2. The predicted octanol–water partition coefficient (Wildman–Crippen LogP) is -1.15. The largest absolute Gasteiger partial charge is 0.375 e. The van der Waals surface area contributed by atoms with Crippen LogP contribution in [-0.4, -0.2) is 31.2 Å². The van der Waals surface area contributed by atoms with Crippen molar-refractivity contribution in [3.05, 3.63) is 0 Å². The average Bonchev–Trinajstić information content (AvgIpc) is 1.88. The minimum Gasteiger partial charge on any atom is -0.375 e. The number of hydrogen-bond acceptors (Lipinski definition) is 3. The van der Waals surface area contributed by atoms with E-state index in [2.05, 4.69) is 5.32 Å². The highest BCUT2D eigenvalue weighted by Gasteiger charge is 2.25. The summed E-state index contributed by atoms with van der Waals surface area (Å²) in [5.74, 6) is -0.341. The fourth-order valence-electron chi connectivity index (χ4n) is 1.05. The second kappa shape index (κ2) is 2.98. The van der Waals surface area contributed by atoms with Crippen molar-refractivity contribution < 1.29 is 9.53 Å². The van der Waals surface area contributed by atoms with Gasteiger partial charge in [0.15, 0.2) is 0 Å². The highest BCUT2D eigenvalue weighted by Crippen LogP contribution is 2.02. The van der Waals surface area contributed by atoms with Gasteiger partial charge in [-0.05, 0) is 6.92 Å². The number of ether oxygens (including phenoxy) is 1. The summed E-state index contributed by atoms with van der Waals surface area (Å²) in [5.41, 5.74) is 5.08. The lowest BCUT2D eigenvalue weighted by molar-refractivity contribution is -0.125. The third kappa shape index (κ3) is 1.46. The topological polar surface area (TPSA) is 64.3 Å². The van der Waals surface area contributed by atoms with Gasteiger partial charge in [0.25, 0.3) is 0 Å². The lowest BCUT2D eigenvalue weighted by Crippen LogP contribution is -2.54. The number of morpholine rings is 1. The van der Waals surface area contributed by atoms with Gasteiger partial charge in [-0.3, -0.25) is 4.79 Å². The van der Waals surface area contributed by atoms with Crippen LogP contribution < -0.4 is 11.1 Å². The van der Waals surface area contributed by atoms with E-state index in [-0.39, 0.29) is 18.1 Å². The Hall–Kier alpha value is -0.610. The van der Waals surface area contributed by atoms with Crippen LogP contribution in [0.4, 0.5) is 0 Å². The molecule has 1 saturated heterocycles. The minimum absolute atomic E-state index is 0.0914. The number of nitrogens with two attached hydrogens (primary N) is 1. The van der Waals surface area contributed by atoms with Gasteiger partial charge in [0, 0.05) is 6.54 Å². The molecule has 4 nitrogen and oxygen atoms in total. The van der Waals surface area contributed by atoms with E-state index in [9.17, 15) is 4.79 Å². The SMILES string of the molecule is C[C@@H]1OCCN[C@@H]1C(N)=O. The van der Waals surface area contributed by atoms with Crippen molar-refractivity contribution >= 4 is 5.91 Å². The summed E-state index contributed by atoms with van der Waals surface area (Å²) in [5, 5.41) is 2.97. The lowest BCUT2D eigenvalue weighted by Gasteiger charge is -2.27. The van der Waals surface area contributed by atoms with Gasteiger partial charge in [-0.2, -0.15) is 0 Å². The van der Waals surface area contributed by atoms with Crippen molar-refractivity contribution in [2.24, 2.45) is 5.73 Å². The molecule has 0 saturated carbocycles. The maximum atomic E-state index is 10.6. The first-order valence-electron chi connectivity index (χ1n) is 3.36. The summed E-state index contributed by atoms with van der Waals surface area (Å²) in [6.07, 6.45) is -0.0914. The van der Waals surface area contributed by atoms with Gasteiger partial charge in [0.05, 0.1) is 12.7 Å². The van der Waals surface area contributed by atoms with Crippen LogP contribution in [0.25, 0.3) is 0 Å². The van der Waals surface area contributed by atoms with E-state index in [0.29, 0.717) is 13.2 Å². The molecule has 1 aliphatic rings. The first-order valence-corrected chi connectivity index (χ1v) is 3.36.